The summed E-state index contributed by atoms with van der Waals surface area (Å²) in [5, 5.41) is 7.61. The molecule has 0 unspecified atom stereocenters. The Bertz CT molecular complexity index is 1090. The van der Waals surface area contributed by atoms with Crippen molar-refractivity contribution < 1.29 is 9.59 Å². The molecule has 0 aliphatic heterocycles. The van der Waals surface area contributed by atoms with Gasteiger partial charge in [0.15, 0.2) is 5.69 Å². The molecule has 0 spiro atoms. The highest BCUT2D eigenvalue weighted by Crippen LogP contribution is 2.28. The van der Waals surface area contributed by atoms with Gasteiger partial charge in [-0.25, -0.2) is 4.68 Å². The first-order valence-corrected chi connectivity index (χ1v) is 10.9. The Hall–Kier alpha value is -3.41. The van der Waals surface area contributed by atoms with Crippen LogP contribution < -0.4 is 5.32 Å². The van der Waals surface area contributed by atoms with Gasteiger partial charge in [-0.3, -0.25) is 9.59 Å². The Morgan fingerprint density at radius 2 is 1.68 bits per heavy atom. The molecule has 1 aliphatic rings. The molecule has 0 atom stereocenters. The van der Waals surface area contributed by atoms with Crippen molar-refractivity contribution in [2.24, 2.45) is 0 Å². The lowest BCUT2D eigenvalue weighted by atomic mass is 10.1. The van der Waals surface area contributed by atoms with Gasteiger partial charge in [-0.15, -0.1) is 0 Å². The molecule has 6 nitrogen and oxygen atoms in total. The van der Waals surface area contributed by atoms with Gasteiger partial charge in [0.2, 0.25) is 0 Å². The molecular formula is C25H28N4O2. The third-order valence-corrected chi connectivity index (χ3v) is 5.86. The van der Waals surface area contributed by atoms with E-state index in [9.17, 15) is 9.59 Å². The number of carbonyl (C=O) groups excluding carboxylic acids is 2. The van der Waals surface area contributed by atoms with Crippen molar-refractivity contribution >= 4 is 17.5 Å². The van der Waals surface area contributed by atoms with Crippen LogP contribution in [-0.2, 0) is 12.8 Å². The predicted octanol–water partition coefficient (Wildman–Crippen LogP) is 4.40. The smallest absolute Gasteiger partial charge is 0.276 e. The molecular weight excluding hydrogens is 388 g/mol. The highest BCUT2D eigenvalue weighted by Gasteiger charge is 2.27. The lowest BCUT2D eigenvalue weighted by Crippen LogP contribution is -2.30. The molecule has 3 aromatic rings. The fourth-order valence-corrected chi connectivity index (χ4v) is 4.10. The van der Waals surface area contributed by atoms with E-state index < -0.39 is 0 Å². The summed E-state index contributed by atoms with van der Waals surface area (Å²) >= 11 is 0. The third kappa shape index (κ3) is 4.10. The highest BCUT2D eigenvalue weighted by molar-refractivity contribution is 6.04. The number of fused-ring (bicyclic) bond motifs is 1. The summed E-state index contributed by atoms with van der Waals surface area (Å²) in [6.07, 6.45) is 2.81. The summed E-state index contributed by atoms with van der Waals surface area (Å²) in [6.45, 7) is 7.32. The van der Waals surface area contributed by atoms with Gasteiger partial charge in [0, 0.05) is 35.6 Å². The van der Waals surface area contributed by atoms with Crippen LogP contribution in [0.4, 0.5) is 5.69 Å². The maximum absolute atomic E-state index is 13.0. The van der Waals surface area contributed by atoms with Gasteiger partial charge < -0.3 is 10.2 Å². The number of anilines is 1. The lowest BCUT2D eigenvalue weighted by Gasteiger charge is -2.18. The molecule has 0 saturated heterocycles. The molecule has 6 heteroatoms. The van der Waals surface area contributed by atoms with E-state index in [0.717, 1.165) is 36.2 Å². The summed E-state index contributed by atoms with van der Waals surface area (Å²) in [5.41, 5.74) is 6.07. The van der Waals surface area contributed by atoms with Gasteiger partial charge in [0.1, 0.15) is 0 Å². The quantitative estimate of drug-likeness (QED) is 0.647. The Morgan fingerprint density at radius 1 is 1.00 bits per heavy atom. The van der Waals surface area contributed by atoms with Crippen molar-refractivity contribution in [3.8, 4) is 5.69 Å². The van der Waals surface area contributed by atoms with E-state index in [0.29, 0.717) is 30.0 Å². The van der Waals surface area contributed by atoms with Gasteiger partial charge in [0.05, 0.1) is 5.69 Å². The second-order valence-corrected chi connectivity index (χ2v) is 7.88. The van der Waals surface area contributed by atoms with Crippen LogP contribution in [0.15, 0.2) is 48.5 Å². The Balaban J connectivity index is 1.55. The zero-order chi connectivity index (χ0) is 22.0. The number of aryl methyl sites for hydroxylation is 1. The van der Waals surface area contributed by atoms with Crippen LogP contribution in [-0.4, -0.2) is 39.6 Å². The summed E-state index contributed by atoms with van der Waals surface area (Å²) in [5.74, 6) is -0.218. The van der Waals surface area contributed by atoms with Crippen molar-refractivity contribution in [3.63, 3.8) is 0 Å². The van der Waals surface area contributed by atoms with Gasteiger partial charge in [-0.05, 0) is 76.4 Å². The zero-order valence-corrected chi connectivity index (χ0v) is 18.3. The molecule has 0 saturated carbocycles. The summed E-state index contributed by atoms with van der Waals surface area (Å²) in [4.78, 5) is 27.3. The van der Waals surface area contributed by atoms with Gasteiger partial charge >= 0.3 is 0 Å². The number of hydrogen-bond acceptors (Lipinski definition) is 3. The molecule has 160 valence electrons. The van der Waals surface area contributed by atoms with Crippen LogP contribution in [0.5, 0.6) is 0 Å². The molecule has 0 bridgehead atoms. The van der Waals surface area contributed by atoms with E-state index in [4.69, 9.17) is 0 Å². The number of carbonyl (C=O) groups is 2. The first kappa shape index (κ1) is 20.8. The van der Waals surface area contributed by atoms with Crippen molar-refractivity contribution in [3.05, 3.63) is 76.6 Å². The molecule has 1 N–H and O–H groups in total. The highest BCUT2D eigenvalue weighted by atomic mass is 16.2. The molecule has 0 radical (unpaired) electrons. The lowest BCUT2D eigenvalue weighted by molar-refractivity contribution is 0.0773. The standard InChI is InChI=1S/C25H28N4O2/c1-4-28(5-2)25(31)18-11-13-19(14-12-18)26-24(30)23-21-7-6-8-22(21)29(27-23)20-15-9-17(3)10-16-20/h9-16H,4-8H2,1-3H3,(H,26,30). The van der Waals surface area contributed by atoms with Gasteiger partial charge in [-0.2, -0.15) is 5.10 Å². The monoisotopic (exact) mass is 416 g/mol. The van der Waals surface area contributed by atoms with Crippen LogP contribution >= 0.6 is 0 Å². The largest absolute Gasteiger partial charge is 0.339 e. The molecule has 2 amide bonds. The van der Waals surface area contributed by atoms with Crippen molar-refractivity contribution in [2.45, 2.75) is 40.0 Å². The number of nitrogens with zero attached hydrogens (tertiary/aromatic N) is 3. The first-order chi connectivity index (χ1) is 15.0. The number of benzene rings is 2. The third-order valence-electron chi connectivity index (χ3n) is 5.86. The minimum absolute atomic E-state index is 0.00228. The zero-order valence-electron chi connectivity index (χ0n) is 18.3. The van der Waals surface area contributed by atoms with Gasteiger partial charge in [-0.1, -0.05) is 17.7 Å². The van der Waals surface area contributed by atoms with Gasteiger partial charge in [0.25, 0.3) is 11.8 Å². The molecule has 2 aromatic carbocycles. The summed E-state index contributed by atoms with van der Waals surface area (Å²) < 4.78 is 1.91. The van der Waals surface area contributed by atoms with Crippen molar-refractivity contribution in [1.82, 2.24) is 14.7 Å². The van der Waals surface area contributed by atoms with E-state index in [-0.39, 0.29) is 11.8 Å². The van der Waals surface area contributed by atoms with E-state index in [2.05, 4.69) is 29.5 Å². The topological polar surface area (TPSA) is 67.2 Å². The molecule has 31 heavy (non-hydrogen) atoms. The fourth-order valence-electron chi connectivity index (χ4n) is 4.10. The van der Waals surface area contributed by atoms with E-state index in [1.54, 1.807) is 29.2 Å². The molecule has 4 rings (SSSR count). The summed E-state index contributed by atoms with van der Waals surface area (Å²) in [6, 6.07) is 15.2. The average Bonchev–Trinajstić information content (AvgIpc) is 3.39. The second kappa shape index (κ2) is 8.76. The van der Waals surface area contributed by atoms with Crippen LogP contribution in [0.3, 0.4) is 0 Å². The second-order valence-electron chi connectivity index (χ2n) is 7.88. The van der Waals surface area contributed by atoms with E-state index >= 15 is 0 Å². The number of rotatable bonds is 6. The normalized spacial score (nSPS) is 12.5. The number of amides is 2. The molecule has 0 fully saturated rings. The van der Waals surface area contributed by atoms with Crippen molar-refractivity contribution in [2.75, 3.05) is 18.4 Å². The van der Waals surface area contributed by atoms with Crippen LogP contribution in [0.25, 0.3) is 5.69 Å². The summed E-state index contributed by atoms with van der Waals surface area (Å²) in [7, 11) is 0. The van der Waals surface area contributed by atoms with Crippen LogP contribution in [0, 0.1) is 6.92 Å². The Kier molecular flexibility index (Phi) is 5.89. The SMILES string of the molecule is CCN(CC)C(=O)c1ccc(NC(=O)c2nn(-c3ccc(C)cc3)c3c2CCC3)cc1. The van der Waals surface area contributed by atoms with Crippen molar-refractivity contribution in [1.29, 1.82) is 0 Å². The van der Waals surface area contributed by atoms with E-state index in [1.807, 2.05) is 30.7 Å². The minimum Gasteiger partial charge on any atom is -0.339 e. The first-order valence-electron chi connectivity index (χ1n) is 10.9. The Morgan fingerprint density at radius 3 is 2.32 bits per heavy atom. The molecule has 1 aromatic heterocycles. The number of hydrogen-bond donors (Lipinski definition) is 1. The number of aromatic nitrogens is 2. The van der Waals surface area contributed by atoms with E-state index in [1.165, 1.54) is 5.56 Å². The maximum Gasteiger partial charge on any atom is 0.276 e. The maximum atomic E-state index is 13.0. The molecule has 1 heterocycles. The average molecular weight is 417 g/mol. The predicted molar refractivity (Wildman–Crippen MR) is 122 cm³/mol. The van der Waals surface area contributed by atoms with Crippen LogP contribution in [0.2, 0.25) is 0 Å². The Labute approximate surface area is 182 Å². The number of nitrogens with one attached hydrogen (secondary N) is 1. The van der Waals surface area contributed by atoms with Crippen LogP contribution in [0.1, 0.15) is 57.9 Å². The minimum atomic E-state index is -0.216. The molecule has 1 aliphatic carbocycles. The fraction of sp³-hybridized carbons (Fsp3) is 0.320.